The molecule has 0 radical (unpaired) electrons. The molecule has 0 bridgehead atoms. The number of furan rings is 1. The molecule has 40 heavy (non-hydrogen) atoms. The molecule has 0 spiro atoms. The molecule has 4 aromatic rings. The summed E-state index contributed by atoms with van der Waals surface area (Å²) in [6, 6.07) is 20.1. The first kappa shape index (κ1) is 26.8. The quantitative estimate of drug-likeness (QED) is 0.133. The highest BCUT2D eigenvalue weighted by Crippen LogP contribution is 2.37. The maximum atomic E-state index is 13.0. The van der Waals surface area contributed by atoms with Crippen molar-refractivity contribution in [1.29, 1.82) is 0 Å². The number of nitrogens with zero attached hydrogens (tertiary/aromatic N) is 2. The van der Waals surface area contributed by atoms with Crippen molar-refractivity contribution in [1.82, 2.24) is 0 Å². The Morgan fingerprint density at radius 1 is 0.975 bits per heavy atom. The number of carbonyl (C=O) groups excluding carboxylic acids is 2. The summed E-state index contributed by atoms with van der Waals surface area (Å²) in [6.07, 6.45) is 0.577. The number of hydrogen-bond acceptors (Lipinski definition) is 8. The van der Waals surface area contributed by atoms with E-state index in [-0.39, 0.29) is 12.5 Å². The van der Waals surface area contributed by atoms with Gasteiger partial charge in [0.05, 0.1) is 26.0 Å². The molecule has 9 heteroatoms. The lowest BCUT2D eigenvalue weighted by Crippen LogP contribution is -2.31. The molecule has 0 saturated carbocycles. The molecule has 206 valence electrons. The Labute approximate surface area is 231 Å². The first-order valence-electron chi connectivity index (χ1n) is 13.2. The fourth-order valence-electron chi connectivity index (χ4n) is 4.63. The molecule has 1 aliphatic rings. The van der Waals surface area contributed by atoms with Gasteiger partial charge in [-0.2, -0.15) is 0 Å². The lowest BCUT2D eigenvalue weighted by molar-refractivity contribution is -0.112. The third-order valence-electron chi connectivity index (χ3n) is 6.47. The summed E-state index contributed by atoms with van der Waals surface area (Å²) in [5, 5.41) is 4.63. The third kappa shape index (κ3) is 5.22. The van der Waals surface area contributed by atoms with E-state index in [1.165, 1.54) is 0 Å². The largest absolute Gasteiger partial charge is 0.497 e. The van der Waals surface area contributed by atoms with Crippen LogP contribution in [-0.2, 0) is 14.4 Å². The van der Waals surface area contributed by atoms with Crippen LogP contribution in [0.5, 0.6) is 11.5 Å². The molecule has 0 fully saturated rings. The molecule has 3 aromatic carbocycles. The van der Waals surface area contributed by atoms with Gasteiger partial charge in [0.2, 0.25) is 0 Å². The second kappa shape index (κ2) is 11.9. The lowest BCUT2D eigenvalue weighted by Gasteiger charge is -2.16. The van der Waals surface area contributed by atoms with Crippen molar-refractivity contribution in [2.24, 2.45) is 5.16 Å². The van der Waals surface area contributed by atoms with E-state index >= 15 is 0 Å². The number of para-hydroxylation sites is 1. The van der Waals surface area contributed by atoms with Crippen LogP contribution in [0.2, 0.25) is 0 Å². The average molecular weight is 543 g/mol. The molecule has 1 aromatic heterocycles. The Hall–Kier alpha value is -4.79. The summed E-state index contributed by atoms with van der Waals surface area (Å²) in [6.45, 7) is 5.00. The summed E-state index contributed by atoms with van der Waals surface area (Å²) in [7, 11) is 1.59. The average Bonchev–Trinajstić information content (AvgIpc) is 3.49. The molecular formula is C31H30N2O7. The highest BCUT2D eigenvalue weighted by atomic mass is 16.6. The number of fused-ring (bicyclic) bond motifs is 2. The van der Waals surface area contributed by atoms with Crippen LogP contribution in [0, 0.1) is 0 Å². The molecular weight excluding hydrogens is 512 g/mol. The van der Waals surface area contributed by atoms with Crippen molar-refractivity contribution >= 4 is 34.2 Å². The van der Waals surface area contributed by atoms with E-state index in [1.807, 2.05) is 43.3 Å². The fraction of sp³-hybridized carbons (Fsp3) is 0.258. The topological polar surface area (TPSA) is 99.8 Å². The van der Waals surface area contributed by atoms with Crippen LogP contribution >= 0.6 is 0 Å². The zero-order chi connectivity index (χ0) is 28.1. The molecule has 1 aliphatic heterocycles. The van der Waals surface area contributed by atoms with Gasteiger partial charge in [0.25, 0.3) is 5.91 Å². The summed E-state index contributed by atoms with van der Waals surface area (Å²) >= 11 is 0. The number of rotatable bonds is 11. The van der Waals surface area contributed by atoms with Gasteiger partial charge in [0.15, 0.2) is 5.71 Å². The number of esters is 1. The highest BCUT2D eigenvalue weighted by Gasteiger charge is 2.34. The number of ether oxygens (including phenoxy) is 3. The molecule has 1 amide bonds. The SMILES string of the molecule is CCO/N=C1\C(=O)N(CCCOc2ccc3oc(-c4ccc(OC)cc4)c(C(=O)OCC)c3c2)c2ccccc21. The predicted molar refractivity (Wildman–Crippen MR) is 151 cm³/mol. The zero-order valence-electron chi connectivity index (χ0n) is 22.6. The Morgan fingerprint density at radius 3 is 2.50 bits per heavy atom. The van der Waals surface area contributed by atoms with E-state index in [0.717, 1.165) is 16.8 Å². The van der Waals surface area contributed by atoms with Crippen LogP contribution in [-0.4, -0.2) is 51.1 Å². The molecule has 0 saturated heterocycles. The van der Waals surface area contributed by atoms with Crippen molar-refractivity contribution < 1.29 is 33.1 Å². The second-order valence-corrected chi connectivity index (χ2v) is 8.95. The summed E-state index contributed by atoms with van der Waals surface area (Å²) in [5.41, 5.74) is 3.48. The first-order chi connectivity index (χ1) is 19.5. The van der Waals surface area contributed by atoms with E-state index in [1.54, 1.807) is 49.3 Å². The maximum absolute atomic E-state index is 13.0. The molecule has 2 heterocycles. The monoisotopic (exact) mass is 542 g/mol. The van der Waals surface area contributed by atoms with Gasteiger partial charge in [0, 0.05) is 23.1 Å². The standard InChI is InChI=1S/C31H30N2O7/c1-4-37-31(35)27-24-19-22(15-16-26(24)40-29(27)20-11-13-21(36-3)14-12-20)38-18-8-17-33-25-10-7-6-9-23(25)28(30(33)34)32-39-5-2/h6-7,9-16,19H,4-5,8,17-18H2,1-3H3/b32-28-. The van der Waals surface area contributed by atoms with E-state index in [0.29, 0.717) is 65.7 Å². The van der Waals surface area contributed by atoms with Crippen LogP contribution in [0.3, 0.4) is 0 Å². The number of carbonyl (C=O) groups is 2. The molecule has 0 N–H and O–H groups in total. The van der Waals surface area contributed by atoms with Crippen molar-refractivity contribution in [3.8, 4) is 22.8 Å². The smallest absolute Gasteiger partial charge is 0.342 e. The number of anilines is 1. The minimum Gasteiger partial charge on any atom is -0.497 e. The summed E-state index contributed by atoms with van der Waals surface area (Å²) in [5.74, 6) is 1.03. The van der Waals surface area contributed by atoms with Gasteiger partial charge in [-0.25, -0.2) is 4.79 Å². The highest BCUT2D eigenvalue weighted by molar-refractivity contribution is 6.54. The number of amides is 1. The van der Waals surface area contributed by atoms with Crippen LogP contribution in [0.25, 0.3) is 22.3 Å². The molecule has 9 nitrogen and oxygen atoms in total. The minimum atomic E-state index is -0.472. The van der Waals surface area contributed by atoms with E-state index in [2.05, 4.69) is 5.16 Å². The normalized spacial score (nSPS) is 13.5. The first-order valence-corrected chi connectivity index (χ1v) is 13.2. The van der Waals surface area contributed by atoms with Crippen molar-refractivity contribution in [2.75, 3.05) is 38.4 Å². The number of oxime groups is 1. The van der Waals surface area contributed by atoms with Crippen LogP contribution < -0.4 is 14.4 Å². The van der Waals surface area contributed by atoms with Gasteiger partial charge in [0.1, 0.15) is 35.0 Å². The van der Waals surface area contributed by atoms with Gasteiger partial charge in [-0.1, -0.05) is 23.4 Å². The van der Waals surface area contributed by atoms with Crippen molar-refractivity contribution in [3.05, 3.63) is 77.9 Å². The Bertz CT molecular complexity index is 1560. The fourth-order valence-corrected chi connectivity index (χ4v) is 4.63. The second-order valence-electron chi connectivity index (χ2n) is 8.95. The molecule has 0 atom stereocenters. The van der Waals surface area contributed by atoms with Crippen molar-refractivity contribution in [2.45, 2.75) is 20.3 Å². The lowest BCUT2D eigenvalue weighted by atomic mass is 10.1. The predicted octanol–water partition coefficient (Wildman–Crippen LogP) is 5.84. The van der Waals surface area contributed by atoms with Crippen LogP contribution in [0.4, 0.5) is 5.69 Å². The van der Waals surface area contributed by atoms with Gasteiger partial charge >= 0.3 is 5.97 Å². The minimum absolute atomic E-state index is 0.195. The number of methoxy groups -OCH3 is 1. The van der Waals surface area contributed by atoms with Gasteiger partial charge in [-0.05, 0) is 68.8 Å². The van der Waals surface area contributed by atoms with Crippen LogP contribution in [0.1, 0.15) is 36.2 Å². The van der Waals surface area contributed by atoms with E-state index in [9.17, 15) is 9.59 Å². The van der Waals surface area contributed by atoms with E-state index < -0.39 is 5.97 Å². The Kier molecular flexibility index (Phi) is 8.00. The summed E-state index contributed by atoms with van der Waals surface area (Å²) in [4.78, 5) is 32.8. The Balaban J connectivity index is 1.33. The Morgan fingerprint density at radius 2 is 1.75 bits per heavy atom. The molecule has 0 unspecified atom stereocenters. The van der Waals surface area contributed by atoms with Gasteiger partial charge < -0.3 is 28.4 Å². The number of benzene rings is 3. The maximum Gasteiger partial charge on any atom is 0.342 e. The van der Waals surface area contributed by atoms with Gasteiger partial charge in [-0.3, -0.25) is 4.79 Å². The third-order valence-corrected chi connectivity index (χ3v) is 6.47. The van der Waals surface area contributed by atoms with E-state index in [4.69, 9.17) is 23.5 Å². The molecule has 0 aliphatic carbocycles. The molecule has 5 rings (SSSR count). The van der Waals surface area contributed by atoms with Gasteiger partial charge in [-0.15, -0.1) is 0 Å². The zero-order valence-corrected chi connectivity index (χ0v) is 22.6. The summed E-state index contributed by atoms with van der Waals surface area (Å²) < 4.78 is 22.7. The van der Waals surface area contributed by atoms with Crippen molar-refractivity contribution in [3.63, 3.8) is 0 Å². The van der Waals surface area contributed by atoms with Crippen LogP contribution in [0.15, 0.2) is 76.3 Å². The number of hydrogen-bond donors (Lipinski definition) is 0.